The number of hydroxylamine groups is 1. The second-order valence-electron chi connectivity index (χ2n) is 8.21. The molecule has 0 saturated carbocycles. The van der Waals surface area contributed by atoms with E-state index in [0.717, 1.165) is 18.4 Å². The second-order valence-corrected chi connectivity index (χ2v) is 8.21. The molecule has 2 N–H and O–H groups in total. The minimum atomic E-state index is 0.756. The zero-order chi connectivity index (χ0) is 19.3. The maximum absolute atomic E-state index is 10.2. The Morgan fingerprint density at radius 3 is 1.54 bits per heavy atom. The number of nitrogens with two attached hydrogens (primary N) is 1. The van der Waals surface area contributed by atoms with Gasteiger partial charge in [0.2, 0.25) is 0 Å². The summed E-state index contributed by atoms with van der Waals surface area (Å²) in [6.45, 7) is 7.40. The highest BCUT2D eigenvalue weighted by Gasteiger charge is 1.95. The lowest BCUT2D eigenvalue weighted by Crippen LogP contribution is -2.77. The van der Waals surface area contributed by atoms with Crippen molar-refractivity contribution < 1.29 is 5.48 Å². The predicted molar refractivity (Wildman–Crippen MR) is 117 cm³/mol. The Labute approximate surface area is 164 Å². The standard InChI is InChI=1S/C24H47NO/c1-23(2)19-18-21-24(3)20-16-14-12-10-8-6-4-5-7-9-11-13-15-17-22-25-26/h19-20H,4-18,21-22,25H2,1-3H3. The van der Waals surface area contributed by atoms with E-state index in [0.29, 0.717) is 0 Å². The van der Waals surface area contributed by atoms with Crippen LogP contribution in [0.2, 0.25) is 0 Å². The highest BCUT2D eigenvalue weighted by atomic mass is 16.5. The summed E-state index contributed by atoms with van der Waals surface area (Å²) in [7, 11) is 0. The lowest BCUT2D eigenvalue weighted by molar-refractivity contribution is -0.589. The fourth-order valence-corrected chi connectivity index (χ4v) is 3.36. The van der Waals surface area contributed by atoms with Crippen LogP contribution in [0, 0.1) is 5.21 Å². The van der Waals surface area contributed by atoms with Gasteiger partial charge in [0, 0.05) is 0 Å². The van der Waals surface area contributed by atoms with Crippen LogP contribution in [0.5, 0.6) is 0 Å². The third-order valence-electron chi connectivity index (χ3n) is 5.11. The fourth-order valence-electron chi connectivity index (χ4n) is 3.36. The molecule has 0 aromatic rings. The maximum atomic E-state index is 10.2. The normalized spacial score (nSPS) is 11.8. The summed E-state index contributed by atoms with van der Waals surface area (Å²) in [5, 5.41) is 10.2. The van der Waals surface area contributed by atoms with Gasteiger partial charge in [0.05, 0.1) is 6.54 Å². The maximum Gasteiger partial charge on any atom is 0.0752 e. The van der Waals surface area contributed by atoms with Gasteiger partial charge in [0.1, 0.15) is 0 Å². The molecule has 0 radical (unpaired) electrons. The molecule has 0 spiro atoms. The summed E-state index contributed by atoms with van der Waals surface area (Å²) in [4.78, 5) is 0. The quantitative estimate of drug-likeness (QED) is 0.147. The molecule has 0 fully saturated rings. The topological polar surface area (TPSA) is 39.7 Å². The van der Waals surface area contributed by atoms with E-state index in [1.807, 2.05) is 0 Å². The molecule has 0 rings (SSSR count). The van der Waals surface area contributed by atoms with Gasteiger partial charge in [-0.1, -0.05) is 87.5 Å². The van der Waals surface area contributed by atoms with Gasteiger partial charge in [-0.2, -0.15) is 0 Å². The van der Waals surface area contributed by atoms with Gasteiger partial charge >= 0.3 is 0 Å². The van der Waals surface area contributed by atoms with E-state index in [-0.39, 0.29) is 0 Å². The fraction of sp³-hybridized carbons (Fsp3) is 0.833. The highest BCUT2D eigenvalue weighted by Crippen LogP contribution is 2.14. The number of hydrogen-bond donors (Lipinski definition) is 1. The first-order valence-electron chi connectivity index (χ1n) is 11.4. The molecule has 0 heterocycles. The lowest BCUT2D eigenvalue weighted by Gasteiger charge is -2.04. The molecular formula is C24H47NO. The van der Waals surface area contributed by atoms with Crippen LogP contribution >= 0.6 is 0 Å². The van der Waals surface area contributed by atoms with Crippen molar-refractivity contribution in [3.63, 3.8) is 0 Å². The molecule has 0 saturated heterocycles. The van der Waals surface area contributed by atoms with Gasteiger partial charge < -0.3 is 10.7 Å². The van der Waals surface area contributed by atoms with Crippen molar-refractivity contribution in [1.29, 1.82) is 0 Å². The summed E-state index contributed by atoms with van der Waals surface area (Å²) < 4.78 is 0. The molecule has 0 bridgehead atoms. The van der Waals surface area contributed by atoms with Crippen LogP contribution in [0.15, 0.2) is 23.3 Å². The van der Waals surface area contributed by atoms with Gasteiger partial charge in [-0.25, -0.2) is 0 Å². The zero-order valence-electron chi connectivity index (χ0n) is 18.2. The predicted octanol–water partition coefficient (Wildman–Crippen LogP) is 7.20. The molecule has 0 aliphatic heterocycles. The molecule has 0 aliphatic carbocycles. The van der Waals surface area contributed by atoms with E-state index in [9.17, 15) is 5.21 Å². The van der Waals surface area contributed by atoms with Crippen LogP contribution in [0.25, 0.3) is 0 Å². The smallest absolute Gasteiger partial charge is 0.0752 e. The summed E-state index contributed by atoms with van der Waals surface area (Å²) in [5.74, 6) is 0. The van der Waals surface area contributed by atoms with Crippen molar-refractivity contribution in [2.75, 3.05) is 6.54 Å². The lowest BCUT2D eigenvalue weighted by atomic mass is 10.0. The second kappa shape index (κ2) is 20.7. The Balaban J connectivity index is 3.20. The Bertz CT molecular complexity index is 342. The third kappa shape index (κ3) is 21.4. The van der Waals surface area contributed by atoms with E-state index in [4.69, 9.17) is 0 Å². The minimum absolute atomic E-state index is 0.756. The van der Waals surface area contributed by atoms with Gasteiger partial charge in [0.25, 0.3) is 0 Å². The Morgan fingerprint density at radius 2 is 1.08 bits per heavy atom. The molecule has 0 aromatic carbocycles. The van der Waals surface area contributed by atoms with Crippen LogP contribution in [-0.2, 0) is 0 Å². The largest absolute Gasteiger partial charge is 0.636 e. The molecule has 2 nitrogen and oxygen atoms in total. The first kappa shape index (κ1) is 25.4. The number of quaternary nitrogens is 1. The van der Waals surface area contributed by atoms with Crippen LogP contribution < -0.4 is 5.48 Å². The van der Waals surface area contributed by atoms with Crippen LogP contribution in [-0.4, -0.2) is 6.54 Å². The third-order valence-corrected chi connectivity index (χ3v) is 5.11. The first-order valence-corrected chi connectivity index (χ1v) is 11.4. The highest BCUT2D eigenvalue weighted by molar-refractivity contribution is 5.01. The summed E-state index contributed by atoms with van der Waals surface area (Å²) in [5.41, 5.74) is 4.04. The van der Waals surface area contributed by atoms with Gasteiger partial charge in [-0.3, -0.25) is 0 Å². The van der Waals surface area contributed by atoms with Crippen LogP contribution in [0.3, 0.4) is 0 Å². The van der Waals surface area contributed by atoms with E-state index >= 15 is 0 Å². The van der Waals surface area contributed by atoms with E-state index in [1.54, 1.807) is 5.57 Å². The molecule has 26 heavy (non-hydrogen) atoms. The van der Waals surface area contributed by atoms with Crippen LogP contribution in [0.4, 0.5) is 0 Å². The van der Waals surface area contributed by atoms with Crippen molar-refractivity contribution in [3.8, 4) is 0 Å². The minimum Gasteiger partial charge on any atom is -0.636 e. The molecule has 0 aliphatic rings. The SMILES string of the molecule is CC(C)=CCCC(C)=CCCCCCCCCCCCCCCC[NH2+][O-]. The van der Waals surface area contributed by atoms with Gasteiger partial charge in [-0.15, -0.1) is 0 Å². The van der Waals surface area contributed by atoms with Crippen molar-refractivity contribution in [2.45, 2.75) is 124 Å². The zero-order valence-corrected chi connectivity index (χ0v) is 18.2. The molecule has 0 amide bonds. The molecule has 2 heteroatoms. The Morgan fingerprint density at radius 1 is 0.615 bits per heavy atom. The average Bonchev–Trinajstić information content (AvgIpc) is 2.61. The van der Waals surface area contributed by atoms with E-state index in [1.165, 1.54) is 102 Å². The van der Waals surface area contributed by atoms with E-state index in [2.05, 4.69) is 32.9 Å². The molecule has 0 unspecified atom stereocenters. The van der Waals surface area contributed by atoms with Crippen LogP contribution in [0.1, 0.15) is 124 Å². The van der Waals surface area contributed by atoms with Gasteiger partial charge in [0.15, 0.2) is 0 Å². The summed E-state index contributed by atoms with van der Waals surface area (Å²) >= 11 is 0. The summed E-state index contributed by atoms with van der Waals surface area (Å²) in [6, 6.07) is 0. The molecule has 0 aromatic heterocycles. The van der Waals surface area contributed by atoms with Crippen molar-refractivity contribution in [2.24, 2.45) is 0 Å². The Kier molecular flexibility index (Phi) is 20.2. The average molecular weight is 366 g/mol. The first-order chi connectivity index (χ1) is 12.7. The van der Waals surface area contributed by atoms with Crippen molar-refractivity contribution in [1.82, 2.24) is 0 Å². The van der Waals surface area contributed by atoms with E-state index < -0.39 is 0 Å². The van der Waals surface area contributed by atoms with Crippen molar-refractivity contribution in [3.05, 3.63) is 28.5 Å². The molecular weight excluding hydrogens is 318 g/mol. The van der Waals surface area contributed by atoms with Crippen molar-refractivity contribution >= 4 is 0 Å². The number of rotatable bonds is 19. The number of unbranched alkanes of at least 4 members (excludes halogenated alkanes) is 13. The molecule has 154 valence electrons. The number of allylic oxidation sites excluding steroid dienone is 4. The van der Waals surface area contributed by atoms with Gasteiger partial charge in [-0.05, 0) is 59.3 Å². The monoisotopic (exact) mass is 365 g/mol. The summed E-state index contributed by atoms with van der Waals surface area (Å²) in [6.07, 6.45) is 26.2. The number of hydrogen-bond acceptors (Lipinski definition) is 1. The molecule has 0 atom stereocenters. The Hall–Kier alpha value is -0.600.